The molecule has 1 amide bonds. The van der Waals surface area contributed by atoms with Gasteiger partial charge in [-0.2, -0.15) is 0 Å². The Morgan fingerprint density at radius 3 is 2.26 bits per heavy atom. The Kier molecular flexibility index (Phi) is 14.5. The van der Waals surface area contributed by atoms with Crippen LogP contribution in [0.3, 0.4) is 0 Å². The van der Waals surface area contributed by atoms with Crippen LogP contribution in [0.5, 0.6) is 17.2 Å². The lowest BCUT2D eigenvalue weighted by Gasteiger charge is -2.38. The smallest absolute Gasteiger partial charge is 0.312 e. The molecule has 0 radical (unpaired) electrons. The predicted octanol–water partition coefficient (Wildman–Crippen LogP) is 4.59. The van der Waals surface area contributed by atoms with Crippen molar-refractivity contribution < 1.29 is 63.7 Å². The minimum atomic E-state index is -2.01. The molecule has 17 heteroatoms. The Labute approximate surface area is 378 Å². The summed E-state index contributed by atoms with van der Waals surface area (Å²) in [5.74, 6) is -8.73. The van der Waals surface area contributed by atoms with Crippen LogP contribution < -0.4 is 20.8 Å². The molecule has 0 aromatic heterocycles. The number of likely N-dealkylation sites (tertiary alicyclic amines) is 1. The lowest BCUT2D eigenvalue weighted by Crippen LogP contribution is -2.47. The summed E-state index contributed by atoms with van der Waals surface area (Å²) in [5, 5.41) is 59.9. The van der Waals surface area contributed by atoms with Gasteiger partial charge in [-0.15, -0.1) is 0 Å². The molecular formula is C48H64N4O13. The van der Waals surface area contributed by atoms with Crippen LogP contribution >= 0.6 is 0 Å². The zero-order valence-electron chi connectivity index (χ0n) is 38.9. The maximum absolute atomic E-state index is 14.8. The zero-order chi connectivity index (χ0) is 47.9. The molecule has 1 fully saturated rings. The summed E-state index contributed by atoms with van der Waals surface area (Å²) < 4.78 is 24.1. The van der Waals surface area contributed by atoms with E-state index in [1.165, 1.54) is 39.4 Å². The van der Waals surface area contributed by atoms with Gasteiger partial charge < -0.3 is 54.7 Å². The van der Waals surface area contributed by atoms with Crippen LogP contribution in [0.2, 0.25) is 0 Å². The number of hydrogen-bond donors (Lipinski definition) is 6. The van der Waals surface area contributed by atoms with E-state index < -0.39 is 108 Å². The number of allylic oxidation sites excluding steroid dienone is 2. The van der Waals surface area contributed by atoms with Crippen molar-refractivity contribution in [3.63, 3.8) is 0 Å². The number of aromatic hydroxyl groups is 2. The first-order valence-electron chi connectivity index (χ1n) is 22.4. The molecule has 1 saturated heterocycles. The maximum atomic E-state index is 14.8. The number of ether oxygens (including phenoxy) is 4. The number of carbonyl (C=O) groups is 4. The minimum absolute atomic E-state index is 0.0153. The van der Waals surface area contributed by atoms with Gasteiger partial charge in [0.1, 0.15) is 34.0 Å². The number of ketones is 1. The number of aliphatic carboxylic acids is 1. The highest BCUT2D eigenvalue weighted by molar-refractivity contribution is 6.21. The van der Waals surface area contributed by atoms with Gasteiger partial charge >= 0.3 is 17.7 Å². The third-order valence-corrected chi connectivity index (χ3v) is 13.4. The lowest BCUT2D eigenvalue weighted by atomic mass is 9.78. The number of hydrogen-bond acceptors (Lipinski definition) is 15. The van der Waals surface area contributed by atoms with Crippen LogP contribution in [0.4, 0.5) is 5.69 Å². The maximum Gasteiger partial charge on any atom is 0.312 e. The van der Waals surface area contributed by atoms with Crippen molar-refractivity contribution in [2.24, 2.45) is 39.6 Å². The monoisotopic (exact) mass is 904 g/mol. The highest BCUT2D eigenvalue weighted by atomic mass is 16.7. The molecule has 0 saturated carbocycles. The first kappa shape index (κ1) is 49.1. The van der Waals surface area contributed by atoms with E-state index >= 15 is 0 Å². The Balaban J connectivity index is 1.52. The fourth-order valence-corrected chi connectivity index (χ4v) is 9.47. The van der Waals surface area contributed by atoms with Crippen LogP contribution in [0.1, 0.15) is 97.0 Å². The third kappa shape index (κ3) is 9.65. The van der Waals surface area contributed by atoms with E-state index in [1.807, 2.05) is 0 Å². The number of methoxy groups -OCH3 is 1. The topological polar surface area (TPSA) is 246 Å². The first-order valence-corrected chi connectivity index (χ1v) is 22.4. The Morgan fingerprint density at radius 1 is 0.954 bits per heavy atom. The van der Waals surface area contributed by atoms with Gasteiger partial charge in [0, 0.05) is 86.7 Å². The van der Waals surface area contributed by atoms with E-state index in [0.717, 1.165) is 6.54 Å². The number of phenols is 2. The molecule has 0 aliphatic carbocycles. The van der Waals surface area contributed by atoms with Crippen molar-refractivity contribution in [1.29, 1.82) is 0 Å². The molecule has 354 valence electrons. The molecule has 4 bridgehead atoms. The number of aliphatic hydroxyl groups is 2. The van der Waals surface area contributed by atoms with E-state index in [2.05, 4.69) is 29.1 Å². The van der Waals surface area contributed by atoms with Crippen LogP contribution in [-0.4, -0.2) is 117 Å². The van der Waals surface area contributed by atoms with E-state index in [-0.39, 0.29) is 43.9 Å². The molecular weight excluding hydrogens is 841 g/mol. The zero-order valence-corrected chi connectivity index (χ0v) is 38.9. The van der Waals surface area contributed by atoms with E-state index in [1.54, 1.807) is 46.8 Å². The molecule has 17 nitrogen and oxygen atoms in total. The third-order valence-electron chi connectivity index (χ3n) is 13.4. The number of aliphatic hydroxyl groups excluding tert-OH is 2. The Bertz CT molecular complexity index is 2440. The second-order valence-corrected chi connectivity index (χ2v) is 18.8. The predicted molar refractivity (Wildman–Crippen MR) is 239 cm³/mol. The van der Waals surface area contributed by atoms with Crippen LogP contribution in [-0.2, 0) is 28.6 Å². The number of carboxylic acids is 1. The summed E-state index contributed by atoms with van der Waals surface area (Å²) in [6.07, 6.45) is 3.37. The van der Waals surface area contributed by atoms with Crippen LogP contribution in [0.15, 0.2) is 46.1 Å². The number of Topliss-reactive ketones (excluding diaryl/α,β-unsaturated/α-hetero) is 1. The molecule has 2 aromatic rings. The second-order valence-electron chi connectivity index (χ2n) is 18.8. The van der Waals surface area contributed by atoms with Gasteiger partial charge in [-0.3, -0.25) is 24.2 Å². The number of piperidine rings is 1. The summed E-state index contributed by atoms with van der Waals surface area (Å²) in [7, 11) is 1.41. The van der Waals surface area contributed by atoms with Gasteiger partial charge in [0.2, 0.25) is 0 Å². The molecule has 0 unspecified atom stereocenters. The first-order chi connectivity index (χ1) is 30.5. The standard InChI is InChI=1S/C48H64N4O13/c1-23(2)22-52-19-17-48(18-20-52)50-36-33-34-41(58)29(8)44-35(33)45(60)47(9,65-44)63-21-16-30(62-10)26(5)43(64-32(55)15-14-31(53)54)28(7)40(57)27(6)39(56)24(3)12-11-13-25(4)46(61)49-38(42(34)59)37(36)51-48/h11-13,16,21,23-24,26-28,30,39-40,43,50,56-59H,14-15,17-20,22H2,1-10H3,(H,53,54)/b12-11+,21-16+,25-13-,49-38?/t24-,26+,27+,28+,30-,39-,40+,43+,47-/m0/s1. The highest BCUT2D eigenvalue weighted by Crippen LogP contribution is 2.51. The fourth-order valence-electron chi connectivity index (χ4n) is 9.47. The van der Waals surface area contributed by atoms with Crippen LogP contribution in [0.25, 0.3) is 10.8 Å². The number of nitrogens with zero attached hydrogens (tertiary/aromatic N) is 3. The molecule has 6 N–H and O–H groups in total. The van der Waals surface area contributed by atoms with E-state index in [4.69, 9.17) is 23.9 Å². The van der Waals surface area contributed by atoms with Gasteiger partial charge in [0.25, 0.3) is 11.7 Å². The number of rotatable bonds is 7. The summed E-state index contributed by atoms with van der Waals surface area (Å²) in [5.41, 5.74) is -0.277. The van der Waals surface area contributed by atoms with Gasteiger partial charge in [0.05, 0.1) is 54.1 Å². The van der Waals surface area contributed by atoms with Crippen molar-refractivity contribution in [2.75, 3.05) is 32.1 Å². The number of anilines is 1. The molecule has 9 atom stereocenters. The highest BCUT2D eigenvalue weighted by Gasteiger charge is 2.51. The van der Waals surface area contributed by atoms with Crippen molar-refractivity contribution in [2.45, 2.75) is 124 Å². The minimum Gasteiger partial charge on any atom is -0.507 e. The second kappa shape index (κ2) is 19.2. The lowest BCUT2D eigenvalue weighted by molar-refractivity contribution is -0.164. The van der Waals surface area contributed by atoms with Gasteiger partial charge in [-0.1, -0.05) is 59.8 Å². The van der Waals surface area contributed by atoms with Gasteiger partial charge in [-0.25, -0.2) is 4.99 Å². The number of carboxylic acid groups (broad SMARTS) is 1. The molecule has 2 aromatic carbocycles. The summed E-state index contributed by atoms with van der Waals surface area (Å²) in [4.78, 5) is 64.9. The largest absolute Gasteiger partial charge is 0.507 e. The molecule has 4 aliphatic heterocycles. The SMILES string of the molecule is CO[C@H]1/C=C/O[C@@]2(C)Oc3c(C)c(O)c4c(O)c(c5c(c4c3C2=O)NC2(CCN(CC(C)C)CC2)N=5)=NC(=O)/C(C)=C\C=C\[C@H](C)[C@H](O)[C@@H](C)[C@@H](O)[C@@H](C)[C@H](OC(=O)CCC(=O)O)[C@@H]1C. The number of amides is 1. The average molecular weight is 905 g/mol. The van der Waals surface area contributed by atoms with Crippen LogP contribution in [0, 0.1) is 36.5 Å². The number of phenolic OH excluding ortho intramolecular Hbond substituents is 2. The average Bonchev–Trinajstić information content (AvgIpc) is 3.76. The van der Waals surface area contributed by atoms with E-state index in [9.17, 15) is 44.7 Å². The van der Waals surface area contributed by atoms with E-state index in [0.29, 0.717) is 37.5 Å². The number of esters is 1. The van der Waals surface area contributed by atoms with Crippen molar-refractivity contribution in [3.8, 4) is 17.2 Å². The number of nitrogens with one attached hydrogen (secondary N) is 1. The fraction of sp³-hybridized carbons (Fsp3) is 0.583. The number of benzene rings is 2. The molecule has 4 heterocycles. The normalized spacial score (nSPS) is 31.3. The summed E-state index contributed by atoms with van der Waals surface area (Å²) >= 11 is 0. The summed E-state index contributed by atoms with van der Waals surface area (Å²) in [6.45, 7) is 17.8. The van der Waals surface area contributed by atoms with Crippen molar-refractivity contribution in [1.82, 2.24) is 4.90 Å². The molecule has 4 aliphatic rings. The molecule has 1 spiro atoms. The van der Waals surface area contributed by atoms with Crippen molar-refractivity contribution in [3.05, 3.63) is 58.0 Å². The quantitative estimate of drug-likeness (QED) is 0.164. The Hall–Kier alpha value is -5.36. The molecule has 65 heavy (non-hydrogen) atoms. The summed E-state index contributed by atoms with van der Waals surface area (Å²) in [6, 6.07) is 0. The molecule has 6 rings (SSSR count). The van der Waals surface area contributed by atoms with Gasteiger partial charge in [-0.05, 0) is 25.8 Å². The Morgan fingerprint density at radius 2 is 1.63 bits per heavy atom. The van der Waals surface area contributed by atoms with Gasteiger partial charge in [0.15, 0.2) is 5.75 Å². The number of carbonyl (C=O) groups excluding carboxylic acids is 3. The number of fused-ring (bicyclic) bond motifs is 1. The van der Waals surface area contributed by atoms with Crippen molar-refractivity contribution >= 4 is 40.1 Å².